The molecule has 1 unspecified atom stereocenters. The van der Waals surface area contributed by atoms with Gasteiger partial charge in [-0.3, -0.25) is 13.9 Å². The van der Waals surface area contributed by atoms with Crippen molar-refractivity contribution in [2.75, 3.05) is 23.7 Å². The van der Waals surface area contributed by atoms with Crippen LogP contribution in [0.15, 0.2) is 66.7 Å². The fourth-order valence-corrected chi connectivity index (χ4v) is 5.81. The summed E-state index contributed by atoms with van der Waals surface area (Å²) in [6.45, 7) is 0.649. The van der Waals surface area contributed by atoms with E-state index in [1.807, 2.05) is 0 Å². The second-order valence-corrected chi connectivity index (χ2v) is 12.4. The summed E-state index contributed by atoms with van der Waals surface area (Å²) in [5.74, 6) is -1.45. The average Bonchev–Trinajstić information content (AvgIpc) is 2.90. The van der Waals surface area contributed by atoms with E-state index in [1.54, 1.807) is 43.3 Å². The summed E-state index contributed by atoms with van der Waals surface area (Å²) in [5, 5.41) is 2.74. The minimum absolute atomic E-state index is 0.0314. The first kappa shape index (κ1) is 33.5. The van der Waals surface area contributed by atoms with Gasteiger partial charge in [-0.1, -0.05) is 71.2 Å². The number of carbonyl (C=O) groups is 2. The Morgan fingerprint density at radius 2 is 1.55 bits per heavy atom. The molecule has 3 aromatic carbocycles. The molecular formula is C28H27Cl3F3N3O4S. The van der Waals surface area contributed by atoms with Gasteiger partial charge in [-0.25, -0.2) is 8.42 Å². The van der Waals surface area contributed by atoms with Crippen molar-refractivity contribution < 1.29 is 31.2 Å². The van der Waals surface area contributed by atoms with Crippen LogP contribution in [0.5, 0.6) is 0 Å². The second kappa shape index (κ2) is 14.0. The van der Waals surface area contributed by atoms with Crippen molar-refractivity contribution >= 4 is 62.3 Å². The lowest BCUT2D eigenvalue weighted by atomic mass is 10.0. The zero-order valence-electron chi connectivity index (χ0n) is 22.5. The minimum atomic E-state index is -4.81. The van der Waals surface area contributed by atoms with Gasteiger partial charge in [0.05, 0.1) is 22.5 Å². The molecule has 1 N–H and O–H groups in total. The number of hydrogen-bond acceptors (Lipinski definition) is 4. The Bertz CT molecular complexity index is 1520. The van der Waals surface area contributed by atoms with E-state index < -0.39 is 51.9 Å². The van der Waals surface area contributed by atoms with E-state index in [-0.39, 0.29) is 34.6 Å². The molecule has 0 saturated heterocycles. The minimum Gasteiger partial charge on any atom is -0.355 e. The monoisotopic (exact) mass is 663 g/mol. The molecule has 14 heteroatoms. The third kappa shape index (κ3) is 8.53. The highest BCUT2D eigenvalue weighted by Crippen LogP contribution is 2.36. The number of nitrogens with one attached hydrogen (secondary N) is 1. The number of halogens is 6. The number of rotatable bonds is 11. The fourth-order valence-electron chi connectivity index (χ4n) is 4.17. The first-order chi connectivity index (χ1) is 19.6. The summed E-state index contributed by atoms with van der Waals surface area (Å²) in [6, 6.07) is 14.4. The van der Waals surface area contributed by atoms with E-state index in [0.717, 1.165) is 17.2 Å². The summed E-state index contributed by atoms with van der Waals surface area (Å²) in [7, 11) is -4.35. The summed E-state index contributed by atoms with van der Waals surface area (Å²) in [5.41, 5.74) is -0.722. The number of anilines is 1. The van der Waals surface area contributed by atoms with E-state index in [4.69, 9.17) is 34.8 Å². The molecule has 3 rings (SSSR count). The predicted molar refractivity (Wildman–Crippen MR) is 158 cm³/mol. The van der Waals surface area contributed by atoms with Crippen LogP contribution in [-0.4, -0.2) is 50.5 Å². The summed E-state index contributed by atoms with van der Waals surface area (Å²) in [6.07, 6.45) is -4.04. The molecule has 42 heavy (non-hydrogen) atoms. The van der Waals surface area contributed by atoms with Gasteiger partial charge in [0.15, 0.2) is 0 Å². The normalized spacial score (nSPS) is 12.5. The zero-order chi connectivity index (χ0) is 31.2. The van der Waals surface area contributed by atoms with E-state index >= 15 is 0 Å². The lowest BCUT2D eigenvalue weighted by Gasteiger charge is -2.34. The van der Waals surface area contributed by atoms with Gasteiger partial charge >= 0.3 is 6.18 Å². The Balaban J connectivity index is 2.14. The van der Waals surface area contributed by atoms with Crippen LogP contribution in [0.4, 0.5) is 18.9 Å². The van der Waals surface area contributed by atoms with E-state index in [9.17, 15) is 31.2 Å². The summed E-state index contributed by atoms with van der Waals surface area (Å²) < 4.78 is 66.7. The van der Waals surface area contributed by atoms with Crippen LogP contribution in [0.2, 0.25) is 15.1 Å². The third-order valence-electron chi connectivity index (χ3n) is 6.23. The first-order valence-corrected chi connectivity index (χ1v) is 15.5. The highest BCUT2D eigenvalue weighted by molar-refractivity contribution is 7.92. The van der Waals surface area contributed by atoms with Gasteiger partial charge in [-0.15, -0.1) is 0 Å². The van der Waals surface area contributed by atoms with Crippen LogP contribution < -0.4 is 9.62 Å². The largest absolute Gasteiger partial charge is 0.416 e. The number of amides is 2. The van der Waals surface area contributed by atoms with Gasteiger partial charge in [0, 0.05) is 35.1 Å². The van der Waals surface area contributed by atoms with Crippen LogP contribution in [0.1, 0.15) is 23.6 Å². The van der Waals surface area contributed by atoms with Crippen LogP contribution >= 0.6 is 34.8 Å². The third-order valence-corrected chi connectivity index (χ3v) is 8.39. The standard InChI is InChI=1S/C28H27Cl3F3N3O4S/c1-3-35-27(39)25(14-18-8-5-4-6-9-18)36(16-20-21(29)10-7-11-22(20)30)26(38)17-37(42(2,40)41)24-15-19(28(32,33)34)12-13-23(24)31/h4-13,15,25H,3,14,16-17H2,1-2H3,(H,35,39). The van der Waals surface area contributed by atoms with Crippen molar-refractivity contribution in [3.05, 3.63) is 98.5 Å². The number of hydrogen-bond donors (Lipinski definition) is 1. The highest BCUT2D eigenvalue weighted by Gasteiger charge is 2.36. The van der Waals surface area contributed by atoms with E-state index in [0.29, 0.717) is 27.6 Å². The van der Waals surface area contributed by atoms with Gasteiger partial charge in [0.25, 0.3) is 0 Å². The molecule has 0 aromatic heterocycles. The average molecular weight is 665 g/mol. The predicted octanol–water partition coefficient (Wildman–Crippen LogP) is 6.21. The maximum absolute atomic E-state index is 14.0. The summed E-state index contributed by atoms with van der Waals surface area (Å²) in [4.78, 5) is 28.5. The van der Waals surface area contributed by atoms with Crippen LogP contribution in [0.3, 0.4) is 0 Å². The van der Waals surface area contributed by atoms with Crippen molar-refractivity contribution in [3.8, 4) is 0 Å². The summed E-state index contributed by atoms with van der Waals surface area (Å²) >= 11 is 18.9. The second-order valence-electron chi connectivity index (χ2n) is 9.26. The number of alkyl halides is 3. The van der Waals surface area contributed by atoms with Crippen LogP contribution in [0, 0.1) is 0 Å². The molecule has 1 atom stereocenters. The Kier molecular flexibility index (Phi) is 11.2. The van der Waals surface area contributed by atoms with Gasteiger partial charge in [0.1, 0.15) is 12.6 Å². The van der Waals surface area contributed by atoms with Gasteiger partial charge in [0.2, 0.25) is 21.8 Å². The molecule has 2 amide bonds. The molecule has 226 valence electrons. The molecule has 0 bridgehead atoms. The van der Waals surface area contributed by atoms with E-state index in [2.05, 4.69) is 5.32 Å². The Labute approximate surface area is 257 Å². The highest BCUT2D eigenvalue weighted by atomic mass is 35.5. The molecule has 0 aliphatic carbocycles. The number of carbonyl (C=O) groups excluding carboxylic acids is 2. The van der Waals surface area contributed by atoms with Crippen molar-refractivity contribution in [1.82, 2.24) is 10.2 Å². The Hall–Kier alpha value is -2.99. The molecule has 0 spiro atoms. The maximum Gasteiger partial charge on any atom is 0.416 e. The Morgan fingerprint density at radius 3 is 2.10 bits per heavy atom. The molecule has 3 aromatic rings. The first-order valence-electron chi connectivity index (χ1n) is 12.5. The van der Waals surface area contributed by atoms with Gasteiger partial charge in [-0.05, 0) is 42.8 Å². The maximum atomic E-state index is 14.0. The smallest absolute Gasteiger partial charge is 0.355 e. The van der Waals surface area contributed by atoms with Crippen molar-refractivity contribution in [2.45, 2.75) is 32.1 Å². The molecule has 7 nitrogen and oxygen atoms in total. The van der Waals surface area contributed by atoms with Crippen LogP contribution in [0.25, 0.3) is 0 Å². The number of benzene rings is 3. The van der Waals surface area contributed by atoms with Crippen LogP contribution in [-0.2, 0) is 38.8 Å². The lowest BCUT2D eigenvalue weighted by Crippen LogP contribution is -2.53. The molecular weight excluding hydrogens is 638 g/mol. The van der Waals surface area contributed by atoms with Gasteiger partial charge < -0.3 is 10.2 Å². The molecule has 0 aliphatic heterocycles. The zero-order valence-corrected chi connectivity index (χ0v) is 25.5. The van der Waals surface area contributed by atoms with Crippen molar-refractivity contribution in [1.29, 1.82) is 0 Å². The molecule has 0 saturated carbocycles. The van der Waals surface area contributed by atoms with Crippen molar-refractivity contribution in [3.63, 3.8) is 0 Å². The number of nitrogens with zero attached hydrogens (tertiary/aromatic N) is 2. The topological polar surface area (TPSA) is 86.8 Å². The fraction of sp³-hybridized carbons (Fsp3) is 0.286. The SMILES string of the molecule is CCNC(=O)C(Cc1ccccc1)N(Cc1c(Cl)cccc1Cl)C(=O)CN(c1cc(C(F)(F)F)ccc1Cl)S(C)(=O)=O. The molecule has 0 fully saturated rings. The number of likely N-dealkylation sites (N-methyl/N-ethyl adjacent to an activating group) is 1. The Morgan fingerprint density at radius 1 is 0.929 bits per heavy atom. The molecule has 0 radical (unpaired) electrons. The molecule has 0 heterocycles. The van der Waals surface area contributed by atoms with E-state index in [1.165, 1.54) is 12.1 Å². The van der Waals surface area contributed by atoms with Crippen molar-refractivity contribution in [2.24, 2.45) is 0 Å². The lowest BCUT2D eigenvalue weighted by molar-refractivity contribution is -0.140. The number of sulfonamides is 1. The quantitative estimate of drug-likeness (QED) is 0.264. The molecule has 0 aliphatic rings. The van der Waals surface area contributed by atoms with Gasteiger partial charge in [-0.2, -0.15) is 13.2 Å².